The molecule has 0 atom stereocenters. The molecule has 0 bridgehead atoms. The standard InChI is InChI=1S/C9H10ClN3S/c1-2-3-4-14-8-7(5-11)6-12-9(10)13-8/h6H,2-4H2,1H3. The fourth-order valence-corrected chi connectivity index (χ4v) is 2.06. The number of aromatic nitrogens is 2. The lowest BCUT2D eigenvalue weighted by Crippen LogP contribution is -1.91. The van der Waals surface area contributed by atoms with Crippen molar-refractivity contribution >= 4 is 23.4 Å². The van der Waals surface area contributed by atoms with E-state index >= 15 is 0 Å². The molecule has 0 spiro atoms. The van der Waals surface area contributed by atoms with Crippen LogP contribution in [0, 0.1) is 11.3 Å². The Morgan fingerprint density at radius 2 is 2.43 bits per heavy atom. The summed E-state index contributed by atoms with van der Waals surface area (Å²) >= 11 is 7.19. The number of thioether (sulfide) groups is 1. The molecule has 0 aliphatic rings. The fraction of sp³-hybridized carbons (Fsp3) is 0.444. The summed E-state index contributed by atoms with van der Waals surface area (Å²) in [5.41, 5.74) is 0.496. The highest BCUT2D eigenvalue weighted by molar-refractivity contribution is 7.99. The second-order valence-corrected chi connectivity index (χ2v) is 4.09. The van der Waals surface area contributed by atoms with Crippen LogP contribution in [0.15, 0.2) is 11.2 Å². The van der Waals surface area contributed by atoms with Gasteiger partial charge in [-0.1, -0.05) is 13.3 Å². The summed E-state index contributed by atoms with van der Waals surface area (Å²) in [5.74, 6) is 0.957. The summed E-state index contributed by atoms with van der Waals surface area (Å²) in [6.07, 6.45) is 3.70. The predicted molar refractivity (Wildman–Crippen MR) is 57.4 cm³/mol. The van der Waals surface area contributed by atoms with E-state index in [4.69, 9.17) is 16.9 Å². The first kappa shape index (κ1) is 11.3. The summed E-state index contributed by atoms with van der Waals surface area (Å²) in [6.45, 7) is 2.12. The second-order valence-electron chi connectivity index (χ2n) is 2.67. The smallest absolute Gasteiger partial charge is 0.223 e. The van der Waals surface area contributed by atoms with Crippen molar-refractivity contribution < 1.29 is 0 Å². The third-order valence-corrected chi connectivity index (χ3v) is 2.84. The Bertz CT molecular complexity index is 348. The minimum Gasteiger partial charge on any atom is -0.225 e. The molecule has 5 heteroatoms. The van der Waals surface area contributed by atoms with Crippen LogP contribution in [0.3, 0.4) is 0 Å². The van der Waals surface area contributed by atoms with Gasteiger partial charge in [-0.2, -0.15) is 5.26 Å². The first-order valence-corrected chi connectivity index (χ1v) is 5.69. The molecule has 0 aliphatic carbocycles. The number of nitrogens with zero attached hydrogens (tertiary/aromatic N) is 3. The van der Waals surface area contributed by atoms with E-state index in [9.17, 15) is 0 Å². The van der Waals surface area contributed by atoms with Crippen molar-refractivity contribution in [3.63, 3.8) is 0 Å². The maximum atomic E-state index is 8.78. The maximum Gasteiger partial charge on any atom is 0.223 e. The number of nitriles is 1. The molecule has 0 saturated carbocycles. The SMILES string of the molecule is CCCCSc1nc(Cl)ncc1C#N. The summed E-state index contributed by atoms with van der Waals surface area (Å²) in [4.78, 5) is 7.77. The van der Waals surface area contributed by atoms with Crippen LogP contribution < -0.4 is 0 Å². The highest BCUT2D eigenvalue weighted by Gasteiger charge is 2.05. The summed E-state index contributed by atoms with van der Waals surface area (Å²) in [5, 5.41) is 9.66. The van der Waals surface area contributed by atoms with Gasteiger partial charge >= 0.3 is 0 Å². The van der Waals surface area contributed by atoms with Gasteiger partial charge in [0.05, 0.1) is 6.20 Å². The molecular formula is C9H10ClN3S. The summed E-state index contributed by atoms with van der Waals surface area (Å²) in [6, 6.07) is 2.05. The summed E-state index contributed by atoms with van der Waals surface area (Å²) in [7, 11) is 0. The highest BCUT2D eigenvalue weighted by atomic mass is 35.5. The van der Waals surface area contributed by atoms with Gasteiger partial charge in [0.2, 0.25) is 5.28 Å². The Kier molecular flexibility index (Phi) is 4.71. The van der Waals surface area contributed by atoms with Crippen LogP contribution in [0.2, 0.25) is 5.28 Å². The largest absolute Gasteiger partial charge is 0.225 e. The van der Waals surface area contributed by atoms with Crippen molar-refractivity contribution in [2.45, 2.75) is 24.8 Å². The highest BCUT2D eigenvalue weighted by Crippen LogP contribution is 2.21. The van der Waals surface area contributed by atoms with Crippen LogP contribution in [0.1, 0.15) is 25.3 Å². The van der Waals surface area contributed by atoms with Crippen molar-refractivity contribution in [1.82, 2.24) is 9.97 Å². The minimum absolute atomic E-state index is 0.197. The zero-order valence-electron chi connectivity index (χ0n) is 7.83. The van der Waals surface area contributed by atoms with Crippen molar-refractivity contribution in [3.05, 3.63) is 17.0 Å². The maximum absolute atomic E-state index is 8.78. The Labute approximate surface area is 92.5 Å². The molecule has 0 N–H and O–H groups in total. The molecule has 0 aromatic carbocycles. The number of hydrogen-bond acceptors (Lipinski definition) is 4. The normalized spacial score (nSPS) is 9.79. The Morgan fingerprint density at radius 3 is 3.07 bits per heavy atom. The molecule has 1 aromatic heterocycles. The summed E-state index contributed by atoms with van der Waals surface area (Å²) < 4.78 is 0. The first-order chi connectivity index (χ1) is 6.77. The van der Waals surface area contributed by atoms with Crippen LogP contribution in [-0.2, 0) is 0 Å². The van der Waals surface area contributed by atoms with Gasteiger partial charge in [-0.3, -0.25) is 0 Å². The zero-order valence-corrected chi connectivity index (χ0v) is 9.40. The lowest BCUT2D eigenvalue weighted by Gasteiger charge is -2.01. The Balaban J connectivity index is 2.73. The van der Waals surface area contributed by atoms with Crippen molar-refractivity contribution in [2.24, 2.45) is 0 Å². The van der Waals surface area contributed by atoms with E-state index in [0.29, 0.717) is 10.6 Å². The Hall–Kier alpha value is -0.790. The molecule has 0 radical (unpaired) electrons. The number of unbranched alkanes of at least 4 members (excludes halogenated alkanes) is 1. The molecule has 74 valence electrons. The van der Waals surface area contributed by atoms with Gasteiger partial charge in [0.25, 0.3) is 0 Å². The molecule has 0 saturated heterocycles. The number of hydrogen-bond donors (Lipinski definition) is 0. The Morgan fingerprint density at radius 1 is 1.64 bits per heavy atom. The van der Waals surface area contributed by atoms with Crippen LogP contribution in [0.25, 0.3) is 0 Å². The molecule has 14 heavy (non-hydrogen) atoms. The zero-order chi connectivity index (χ0) is 10.4. The van der Waals surface area contributed by atoms with Crippen LogP contribution in [0.5, 0.6) is 0 Å². The lowest BCUT2D eigenvalue weighted by atomic mass is 10.4. The topological polar surface area (TPSA) is 49.6 Å². The average Bonchev–Trinajstić information content (AvgIpc) is 2.19. The number of rotatable bonds is 4. The van der Waals surface area contributed by atoms with Gasteiger partial charge in [0.1, 0.15) is 16.7 Å². The van der Waals surface area contributed by atoms with Gasteiger partial charge < -0.3 is 0 Å². The van der Waals surface area contributed by atoms with Gasteiger partial charge in [0, 0.05) is 0 Å². The molecule has 0 unspecified atom stereocenters. The predicted octanol–water partition coefficient (Wildman–Crippen LogP) is 2.89. The van der Waals surface area contributed by atoms with Gasteiger partial charge in [0.15, 0.2) is 0 Å². The average molecular weight is 228 g/mol. The molecular weight excluding hydrogens is 218 g/mol. The van der Waals surface area contributed by atoms with E-state index in [1.807, 2.05) is 6.07 Å². The molecule has 0 fully saturated rings. The van der Waals surface area contributed by atoms with Crippen molar-refractivity contribution in [3.8, 4) is 6.07 Å². The molecule has 1 heterocycles. The van der Waals surface area contributed by atoms with E-state index in [1.165, 1.54) is 6.20 Å². The van der Waals surface area contributed by atoms with Gasteiger partial charge in [-0.15, -0.1) is 11.8 Å². The molecule has 1 aromatic rings. The van der Waals surface area contributed by atoms with Crippen molar-refractivity contribution in [1.29, 1.82) is 5.26 Å². The van der Waals surface area contributed by atoms with Crippen molar-refractivity contribution in [2.75, 3.05) is 5.75 Å². The molecule has 0 amide bonds. The van der Waals surface area contributed by atoms with E-state index in [0.717, 1.165) is 18.6 Å². The molecule has 0 aliphatic heterocycles. The van der Waals surface area contributed by atoms with Crippen LogP contribution in [0.4, 0.5) is 0 Å². The van der Waals surface area contributed by atoms with Crippen LogP contribution in [-0.4, -0.2) is 15.7 Å². The van der Waals surface area contributed by atoms with E-state index in [1.54, 1.807) is 11.8 Å². The van der Waals surface area contributed by atoms with E-state index in [-0.39, 0.29) is 5.28 Å². The van der Waals surface area contributed by atoms with Gasteiger partial charge in [-0.25, -0.2) is 9.97 Å². The van der Waals surface area contributed by atoms with Gasteiger partial charge in [-0.05, 0) is 23.8 Å². The third-order valence-electron chi connectivity index (χ3n) is 1.58. The fourth-order valence-electron chi connectivity index (χ4n) is 0.846. The molecule has 1 rings (SSSR count). The van der Waals surface area contributed by atoms with E-state index < -0.39 is 0 Å². The number of halogens is 1. The molecule has 3 nitrogen and oxygen atoms in total. The van der Waals surface area contributed by atoms with E-state index in [2.05, 4.69) is 16.9 Å². The van der Waals surface area contributed by atoms with Crippen LogP contribution >= 0.6 is 23.4 Å². The monoisotopic (exact) mass is 227 g/mol. The second kappa shape index (κ2) is 5.84. The minimum atomic E-state index is 0.197. The quantitative estimate of drug-likeness (QED) is 0.344. The third kappa shape index (κ3) is 3.17. The first-order valence-electron chi connectivity index (χ1n) is 4.33. The lowest BCUT2D eigenvalue weighted by molar-refractivity contribution is 0.893.